The number of fused-ring (bicyclic) bond motifs is 1. The van der Waals surface area contributed by atoms with Crippen molar-refractivity contribution in [1.82, 2.24) is 24.3 Å². The summed E-state index contributed by atoms with van der Waals surface area (Å²) < 4.78 is 3.65. The Hall–Kier alpha value is -3.48. The maximum Gasteiger partial charge on any atom is 0.252 e. The monoisotopic (exact) mass is 386 g/mol. The molecule has 0 atom stereocenters. The average molecular weight is 386 g/mol. The molecule has 0 radical (unpaired) electrons. The van der Waals surface area contributed by atoms with Gasteiger partial charge in [0.1, 0.15) is 5.65 Å². The number of pyridine rings is 1. The van der Waals surface area contributed by atoms with Crippen molar-refractivity contribution in [3.63, 3.8) is 0 Å². The Morgan fingerprint density at radius 3 is 2.69 bits per heavy atom. The second-order valence-electron chi connectivity index (χ2n) is 7.51. The number of aromatic nitrogens is 5. The van der Waals surface area contributed by atoms with Gasteiger partial charge >= 0.3 is 0 Å². The molecule has 1 fully saturated rings. The van der Waals surface area contributed by atoms with Gasteiger partial charge in [-0.3, -0.25) is 9.36 Å². The van der Waals surface area contributed by atoms with E-state index in [1.165, 1.54) is 0 Å². The van der Waals surface area contributed by atoms with Gasteiger partial charge in [0.05, 0.1) is 5.69 Å². The molecule has 0 aliphatic heterocycles. The van der Waals surface area contributed by atoms with Crippen LogP contribution in [0.5, 0.6) is 0 Å². The molecule has 0 amide bonds. The third kappa shape index (κ3) is 3.29. The number of nitrogens with one attached hydrogen (secondary N) is 1. The lowest BCUT2D eigenvalue weighted by molar-refractivity contribution is 0.515. The summed E-state index contributed by atoms with van der Waals surface area (Å²) in [5, 5.41) is 8.64. The first-order valence-corrected chi connectivity index (χ1v) is 9.96. The standard InChI is InChI=1S/C22H22N6O/c1-15-13-20(29)28(17-9-5-6-10-17)21-18(15)14-23-22(25-21)24-19-11-12-27(26-19)16-7-3-2-4-8-16/h2-4,7-8,11-14,17H,5-6,9-10H2,1H3,(H,23,24,25,26). The van der Waals surface area contributed by atoms with Crippen LogP contribution < -0.4 is 10.9 Å². The van der Waals surface area contributed by atoms with Gasteiger partial charge in [0, 0.05) is 36.0 Å². The topological polar surface area (TPSA) is 77.6 Å². The summed E-state index contributed by atoms with van der Waals surface area (Å²) in [6, 6.07) is 13.7. The fraction of sp³-hybridized carbons (Fsp3) is 0.273. The van der Waals surface area contributed by atoms with Gasteiger partial charge in [-0.1, -0.05) is 31.0 Å². The highest BCUT2D eigenvalue weighted by molar-refractivity contribution is 5.79. The lowest BCUT2D eigenvalue weighted by atomic mass is 10.1. The first-order chi connectivity index (χ1) is 14.2. The first-order valence-electron chi connectivity index (χ1n) is 9.96. The highest BCUT2D eigenvalue weighted by Gasteiger charge is 2.21. The molecular weight excluding hydrogens is 364 g/mol. The Kier molecular flexibility index (Phi) is 4.35. The summed E-state index contributed by atoms with van der Waals surface area (Å²) in [6.45, 7) is 1.93. The van der Waals surface area contributed by atoms with Crippen LogP contribution in [-0.4, -0.2) is 24.3 Å². The van der Waals surface area contributed by atoms with Gasteiger partial charge in [-0.05, 0) is 37.5 Å². The van der Waals surface area contributed by atoms with E-state index < -0.39 is 0 Å². The summed E-state index contributed by atoms with van der Waals surface area (Å²) >= 11 is 0. The minimum atomic E-state index is 0.0138. The molecule has 146 valence electrons. The molecule has 1 N–H and O–H groups in total. The van der Waals surface area contributed by atoms with Crippen molar-refractivity contribution in [1.29, 1.82) is 0 Å². The average Bonchev–Trinajstić information content (AvgIpc) is 3.41. The van der Waals surface area contributed by atoms with E-state index in [0.717, 1.165) is 42.3 Å². The van der Waals surface area contributed by atoms with Crippen LogP contribution in [0.1, 0.15) is 37.3 Å². The molecule has 0 saturated heterocycles. The number of rotatable bonds is 4. The molecule has 4 aromatic rings. The molecule has 29 heavy (non-hydrogen) atoms. The Labute approximate surface area is 168 Å². The fourth-order valence-corrected chi connectivity index (χ4v) is 4.08. The van der Waals surface area contributed by atoms with Crippen molar-refractivity contribution in [3.05, 3.63) is 70.8 Å². The number of nitrogens with zero attached hydrogens (tertiary/aromatic N) is 5. The van der Waals surface area contributed by atoms with E-state index in [0.29, 0.717) is 17.4 Å². The molecule has 0 unspecified atom stereocenters. The number of benzene rings is 1. The number of para-hydroxylation sites is 1. The van der Waals surface area contributed by atoms with Gasteiger partial charge in [0.25, 0.3) is 5.56 Å². The van der Waals surface area contributed by atoms with E-state index in [1.54, 1.807) is 16.9 Å². The van der Waals surface area contributed by atoms with Crippen LogP contribution in [0.4, 0.5) is 11.8 Å². The number of hydrogen-bond acceptors (Lipinski definition) is 5. The zero-order chi connectivity index (χ0) is 19.8. The highest BCUT2D eigenvalue weighted by atomic mass is 16.1. The van der Waals surface area contributed by atoms with E-state index in [-0.39, 0.29) is 11.6 Å². The van der Waals surface area contributed by atoms with Crippen molar-refractivity contribution in [2.75, 3.05) is 5.32 Å². The van der Waals surface area contributed by atoms with Crippen molar-refractivity contribution < 1.29 is 0 Å². The Balaban J connectivity index is 1.52. The molecule has 7 nitrogen and oxygen atoms in total. The molecule has 1 aliphatic carbocycles. The molecule has 7 heteroatoms. The van der Waals surface area contributed by atoms with Crippen LogP contribution in [0.25, 0.3) is 16.7 Å². The molecule has 1 aromatic carbocycles. The summed E-state index contributed by atoms with van der Waals surface area (Å²) in [6.07, 6.45) is 8.02. The van der Waals surface area contributed by atoms with Crippen LogP contribution in [0.2, 0.25) is 0 Å². The summed E-state index contributed by atoms with van der Waals surface area (Å²) in [5.41, 5.74) is 2.59. The molecule has 3 aromatic heterocycles. The fourth-order valence-electron chi connectivity index (χ4n) is 4.08. The van der Waals surface area contributed by atoms with Crippen molar-refractivity contribution in [2.24, 2.45) is 0 Å². The predicted octanol–water partition coefficient (Wildman–Crippen LogP) is 4.14. The van der Waals surface area contributed by atoms with E-state index in [1.807, 2.05) is 54.1 Å². The molecule has 3 heterocycles. The Morgan fingerprint density at radius 2 is 1.90 bits per heavy atom. The highest BCUT2D eigenvalue weighted by Crippen LogP contribution is 2.31. The maximum absolute atomic E-state index is 12.7. The molecule has 0 bridgehead atoms. The molecule has 1 saturated carbocycles. The minimum absolute atomic E-state index is 0.0138. The van der Waals surface area contributed by atoms with Crippen LogP contribution in [0, 0.1) is 6.92 Å². The smallest absolute Gasteiger partial charge is 0.252 e. The van der Waals surface area contributed by atoms with Gasteiger partial charge in [0.15, 0.2) is 5.82 Å². The molecular formula is C22H22N6O. The summed E-state index contributed by atoms with van der Waals surface area (Å²) in [4.78, 5) is 21.9. The molecule has 5 rings (SSSR count). The normalized spacial score (nSPS) is 14.5. The maximum atomic E-state index is 12.7. The predicted molar refractivity (Wildman–Crippen MR) is 113 cm³/mol. The van der Waals surface area contributed by atoms with Gasteiger partial charge in [0.2, 0.25) is 5.95 Å². The van der Waals surface area contributed by atoms with Crippen LogP contribution in [-0.2, 0) is 0 Å². The SMILES string of the molecule is Cc1cc(=O)n(C2CCCC2)c2nc(Nc3ccn(-c4ccccc4)n3)ncc12. The third-order valence-corrected chi connectivity index (χ3v) is 5.54. The largest absolute Gasteiger partial charge is 0.307 e. The van der Waals surface area contributed by atoms with E-state index in [2.05, 4.69) is 15.4 Å². The Morgan fingerprint density at radius 1 is 1.10 bits per heavy atom. The van der Waals surface area contributed by atoms with Crippen LogP contribution in [0.3, 0.4) is 0 Å². The van der Waals surface area contributed by atoms with Gasteiger partial charge in [-0.25, -0.2) is 9.67 Å². The van der Waals surface area contributed by atoms with Crippen LogP contribution >= 0.6 is 0 Å². The van der Waals surface area contributed by atoms with E-state index >= 15 is 0 Å². The van der Waals surface area contributed by atoms with Crippen LogP contribution in [0.15, 0.2) is 59.7 Å². The van der Waals surface area contributed by atoms with Gasteiger partial charge in [-0.15, -0.1) is 0 Å². The first kappa shape index (κ1) is 17.6. The zero-order valence-electron chi connectivity index (χ0n) is 16.2. The van der Waals surface area contributed by atoms with Gasteiger partial charge < -0.3 is 5.32 Å². The second kappa shape index (κ2) is 7.16. The number of aryl methyl sites for hydroxylation is 1. The lowest BCUT2D eigenvalue weighted by Crippen LogP contribution is -2.24. The van der Waals surface area contributed by atoms with Gasteiger partial charge in [-0.2, -0.15) is 10.1 Å². The van der Waals surface area contributed by atoms with Crippen molar-refractivity contribution in [2.45, 2.75) is 38.6 Å². The second-order valence-corrected chi connectivity index (χ2v) is 7.51. The lowest BCUT2D eigenvalue weighted by Gasteiger charge is -2.17. The summed E-state index contributed by atoms with van der Waals surface area (Å²) in [7, 11) is 0. The number of hydrogen-bond donors (Lipinski definition) is 1. The third-order valence-electron chi connectivity index (χ3n) is 5.54. The van der Waals surface area contributed by atoms with E-state index in [4.69, 9.17) is 4.98 Å². The molecule has 0 spiro atoms. The molecule has 1 aliphatic rings. The van der Waals surface area contributed by atoms with E-state index in [9.17, 15) is 4.79 Å². The van der Waals surface area contributed by atoms with Crippen molar-refractivity contribution >= 4 is 22.8 Å². The zero-order valence-corrected chi connectivity index (χ0v) is 16.2. The Bertz CT molecular complexity index is 1220. The number of anilines is 2. The summed E-state index contributed by atoms with van der Waals surface area (Å²) in [5.74, 6) is 1.09. The minimum Gasteiger partial charge on any atom is -0.307 e. The quantitative estimate of drug-likeness (QED) is 0.570. The van der Waals surface area contributed by atoms with Crippen molar-refractivity contribution in [3.8, 4) is 5.69 Å².